The van der Waals surface area contributed by atoms with Crippen LogP contribution >= 0.6 is 0 Å². The maximum Gasteiger partial charge on any atom is 0.335 e. The lowest BCUT2D eigenvalue weighted by atomic mass is 10.1. The topological polar surface area (TPSA) is 66.8 Å². The van der Waals surface area contributed by atoms with Gasteiger partial charge < -0.3 is 14.7 Å². The molecule has 0 radical (unpaired) electrons. The molecular formula is C13H14FNO4. The van der Waals surface area contributed by atoms with Crippen LogP contribution in [0.3, 0.4) is 0 Å². The SMILES string of the molecule is CN(C(=O)c1ccc(C(=O)O)cc1F)C1CCOC1. The van der Waals surface area contributed by atoms with Crippen molar-refractivity contribution >= 4 is 11.9 Å². The zero-order valence-corrected chi connectivity index (χ0v) is 10.4. The molecule has 2 rings (SSSR count). The van der Waals surface area contributed by atoms with Gasteiger partial charge in [-0.3, -0.25) is 4.79 Å². The molecule has 0 bridgehead atoms. The average Bonchev–Trinajstić information content (AvgIpc) is 2.90. The largest absolute Gasteiger partial charge is 0.478 e. The van der Waals surface area contributed by atoms with E-state index in [0.29, 0.717) is 13.2 Å². The van der Waals surface area contributed by atoms with E-state index in [2.05, 4.69) is 0 Å². The molecule has 0 spiro atoms. The lowest BCUT2D eigenvalue weighted by Crippen LogP contribution is -2.37. The van der Waals surface area contributed by atoms with Crippen molar-refractivity contribution in [3.05, 3.63) is 35.1 Å². The van der Waals surface area contributed by atoms with Gasteiger partial charge in [0.25, 0.3) is 5.91 Å². The average molecular weight is 267 g/mol. The minimum atomic E-state index is -1.23. The Morgan fingerprint density at radius 1 is 1.47 bits per heavy atom. The van der Waals surface area contributed by atoms with Crippen LogP contribution in [-0.4, -0.2) is 48.2 Å². The second-order valence-electron chi connectivity index (χ2n) is 4.43. The number of carboxylic acid groups (broad SMARTS) is 1. The number of nitrogens with zero attached hydrogens (tertiary/aromatic N) is 1. The Kier molecular flexibility index (Phi) is 3.80. The van der Waals surface area contributed by atoms with Gasteiger partial charge >= 0.3 is 5.97 Å². The molecule has 1 N–H and O–H groups in total. The quantitative estimate of drug-likeness (QED) is 0.898. The van der Waals surface area contributed by atoms with E-state index >= 15 is 0 Å². The molecule has 1 amide bonds. The van der Waals surface area contributed by atoms with Crippen LogP contribution in [-0.2, 0) is 4.74 Å². The molecule has 1 heterocycles. The first kappa shape index (κ1) is 13.5. The molecule has 0 aromatic heterocycles. The van der Waals surface area contributed by atoms with Crippen molar-refractivity contribution in [1.29, 1.82) is 0 Å². The number of halogens is 1. The molecule has 102 valence electrons. The smallest absolute Gasteiger partial charge is 0.335 e. The first-order valence-corrected chi connectivity index (χ1v) is 5.88. The highest BCUT2D eigenvalue weighted by atomic mass is 19.1. The van der Waals surface area contributed by atoms with Crippen LogP contribution in [0.15, 0.2) is 18.2 Å². The summed E-state index contributed by atoms with van der Waals surface area (Å²) >= 11 is 0. The summed E-state index contributed by atoms with van der Waals surface area (Å²) in [5.74, 6) is -2.52. The lowest BCUT2D eigenvalue weighted by molar-refractivity contribution is 0.0686. The summed E-state index contributed by atoms with van der Waals surface area (Å²) in [6, 6.07) is 3.21. The second kappa shape index (κ2) is 5.36. The van der Waals surface area contributed by atoms with Gasteiger partial charge in [-0.25, -0.2) is 9.18 Å². The Morgan fingerprint density at radius 3 is 2.74 bits per heavy atom. The van der Waals surface area contributed by atoms with E-state index in [1.165, 1.54) is 17.0 Å². The third-order valence-electron chi connectivity index (χ3n) is 3.22. The third kappa shape index (κ3) is 2.73. The number of likely N-dealkylation sites (N-methyl/N-ethyl adjacent to an activating group) is 1. The molecule has 5 nitrogen and oxygen atoms in total. The molecule has 1 saturated heterocycles. The minimum absolute atomic E-state index is 0.0638. The third-order valence-corrected chi connectivity index (χ3v) is 3.22. The summed E-state index contributed by atoms with van der Waals surface area (Å²) in [6.07, 6.45) is 0.719. The van der Waals surface area contributed by atoms with Crippen molar-refractivity contribution < 1.29 is 23.8 Å². The number of carbonyl (C=O) groups is 2. The molecule has 1 aliphatic heterocycles. The van der Waals surface area contributed by atoms with Crippen LogP contribution in [0.1, 0.15) is 27.1 Å². The van der Waals surface area contributed by atoms with Gasteiger partial charge in [0.05, 0.1) is 23.8 Å². The predicted octanol–water partition coefficient (Wildman–Crippen LogP) is 1.38. The molecule has 1 atom stereocenters. The molecule has 0 aliphatic carbocycles. The number of carboxylic acids is 1. The summed E-state index contributed by atoms with van der Waals surface area (Å²) < 4.78 is 18.9. The van der Waals surface area contributed by atoms with Crippen LogP contribution in [0.5, 0.6) is 0 Å². The van der Waals surface area contributed by atoms with Crippen molar-refractivity contribution in [2.75, 3.05) is 20.3 Å². The van der Waals surface area contributed by atoms with E-state index in [1.807, 2.05) is 0 Å². The number of benzene rings is 1. The number of hydrogen-bond donors (Lipinski definition) is 1. The summed E-state index contributed by atoms with van der Waals surface area (Å²) in [6.45, 7) is 1.03. The number of carbonyl (C=O) groups excluding carboxylic acids is 1. The maximum atomic E-state index is 13.8. The zero-order chi connectivity index (χ0) is 14.0. The fraction of sp³-hybridized carbons (Fsp3) is 0.385. The van der Waals surface area contributed by atoms with E-state index in [1.54, 1.807) is 7.05 Å². The van der Waals surface area contributed by atoms with Gasteiger partial charge in [-0.1, -0.05) is 0 Å². The summed E-state index contributed by atoms with van der Waals surface area (Å²) in [5.41, 5.74) is -0.305. The Balaban J connectivity index is 2.21. The normalized spacial score (nSPS) is 18.3. The Bertz CT molecular complexity index is 511. The van der Waals surface area contributed by atoms with Crippen molar-refractivity contribution in [3.8, 4) is 0 Å². The van der Waals surface area contributed by atoms with E-state index in [9.17, 15) is 14.0 Å². The van der Waals surface area contributed by atoms with Crippen molar-refractivity contribution in [3.63, 3.8) is 0 Å². The van der Waals surface area contributed by atoms with Crippen molar-refractivity contribution in [1.82, 2.24) is 4.90 Å². The van der Waals surface area contributed by atoms with Crippen molar-refractivity contribution in [2.24, 2.45) is 0 Å². The van der Waals surface area contributed by atoms with Gasteiger partial charge in [0.2, 0.25) is 0 Å². The van der Waals surface area contributed by atoms with Crippen LogP contribution < -0.4 is 0 Å². The standard InChI is InChI=1S/C13H14FNO4/c1-15(9-4-5-19-7-9)12(16)10-3-2-8(13(17)18)6-11(10)14/h2-3,6,9H,4-5,7H2,1H3,(H,17,18). The summed E-state index contributed by atoms with van der Waals surface area (Å²) in [7, 11) is 1.59. The highest BCUT2D eigenvalue weighted by molar-refractivity contribution is 5.96. The van der Waals surface area contributed by atoms with Crippen LogP contribution in [0.25, 0.3) is 0 Å². The fourth-order valence-electron chi connectivity index (χ4n) is 2.00. The van der Waals surface area contributed by atoms with Gasteiger partial charge in [-0.2, -0.15) is 0 Å². The number of rotatable bonds is 3. The monoisotopic (exact) mass is 267 g/mol. The minimum Gasteiger partial charge on any atom is -0.478 e. The first-order valence-electron chi connectivity index (χ1n) is 5.88. The van der Waals surface area contributed by atoms with Crippen molar-refractivity contribution in [2.45, 2.75) is 12.5 Å². The van der Waals surface area contributed by atoms with Gasteiger partial charge in [0.15, 0.2) is 0 Å². The maximum absolute atomic E-state index is 13.8. The zero-order valence-electron chi connectivity index (χ0n) is 10.4. The van der Waals surface area contributed by atoms with Crippen LogP contribution in [0, 0.1) is 5.82 Å². The van der Waals surface area contributed by atoms with E-state index in [-0.39, 0.29) is 17.2 Å². The molecule has 19 heavy (non-hydrogen) atoms. The fourth-order valence-corrected chi connectivity index (χ4v) is 2.00. The molecule has 1 aromatic rings. The van der Waals surface area contributed by atoms with Gasteiger partial charge in [-0.15, -0.1) is 0 Å². The molecular weight excluding hydrogens is 253 g/mol. The number of amides is 1. The lowest BCUT2D eigenvalue weighted by Gasteiger charge is -2.23. The van der Waals surface area contributed by atoms with Gasteiger partial charge in [-0.05, 0) is 24.6 Å². The Labute approximate surface area is 109 Å². The van der Waals surface area contributed by atoms with Crippen LogP contribution in [0.2, 0.25) is 0 Å². The Morgan fingerprint density at radius 2 is 2.21 bits per heavy atom. The molecule has 1 fully saturated rings. The number of hydrogen-bond acceptors (Lipinski definition) is 3. The van der Waals surface area contributed by atoms with Gasteiger partial charge in [0.1, 0.15) is 5.82 Å². The summed E-state index contributed by atoms with van der Waals surface area (Å²) in [5, 5.41) is 8.74. The highest BCUT2D eigenvalue weighted by Gasteiger charge is 2.26. The highest BCUT2D eigenvalue weighted by Crippen LogP contribution is 2.17. The molecule has 6 heteroatoms. The molecule has 1 unspecified atom stereocenters. The number of aromatic carboxylic acids is 1. The van der Waals surface area contributed by atoms with E-state index < -0.39 is 17.7 Å². The second-order valence-corrected chi connectivity index (χ2v) is 4.43. The van der Waals surface area contributed by atoms with Crippen LogP contribution in [0.4, 0.5) is 4.39 Å². The predicted molar refractivity (Wildman–Crippen MR) is 64.7 cm³/mol. The Hall–Kier alpha value is -1.95. The molecule has 0 saturated carbocycles. The van der Waals surface area contributed by atoms with E-state index in [0.717, 1.165) is 12.5 Å². The van der Waals surface area contributed by atoms with E-state index in [4.69, 9.17) is 9.84 Å². The first-order chi connectivity index (χ1) is 9.00. The molecule has 1 aromatic carbocycles. The molecule has 1 aliphatic rings. The van der Waals surface area contributed by atoms with Gasteiger partial charge in [0, 0.05) is 13.7 Å². The number of ether oxygens (including phenoxy) is 1. The summed E-state index contributed by atoms with van der Waals surface area (Å²) in [4.78, 5) is 24.3.